The van der Waals surface area contributed by atoms with Crippen molar-refractivity contribution in [3.05, 3.63) is 96.7 Å². The number of carbonyl (C=O) groups is 1. The first-order chi connectivity index (χ1) is 19.9. The van der Waals surface area contributed by atoms with E-state index < -0.39 is 0 Å². The molecule has 4 N–H and O–H groups in total. The van der Waals surface area contributed by atoms with E-state index in [4.69, 9.17) is 15.7 Å². The quantitative estimate of drug-likeness (QED) is 0.174. The molecule has 0 atom stereocenters. The van der Waals surface area contributed by atoms with Crippen molar-refractivity contribution in [3.8, 4) is 39.6 Å². The molecule has 0 bridgehead atoms. The minimum Gasteiger partial charge on any atom is -0.338 e. The van der Waals surface area contributed by atoms with Gasteiger partial charge in [0.05, 0.1) is 22.8 Å². The monoisotopic (exact) mass is 648 g/mol. The maximum absolute atomic E-state index is 12.3. The normalized spacial score (nSPS) is 13.6. The number of para-hydroxylation sites is 1. The van der Waals surface area contributed by atoms with Crippen LogP contribution >= 0.6 is 37.2 Å². The summed E-state index contributed by atoms with van der Waals surface area (Å²) in [6.07, 6.45) is 5.00. The maximum Gasteiger partial charge on any atom is 0.226 e. The Balaban J connectivity index is 0.00000147. The van der Waals surface area contributed by atoms with Gasteiger partial charge in [-0.25, -0.2) is 9.97 Å². The lowest BCUT2D eigenvalue weighted by molar-refractivity contribution is -0.118. The molecule has 5 aromatic rings. The lowest BCUT2D eigenvalue weighted by atomic mass is 9.72. The van der Waals surface area contributed by atoms with Gasteiger partial charge in [0, 0.05) is 40.0 Å². The first-order valence-electron chi connectivity index (χ1n) is 14.2. The first-order valence-corrected chi connectivity index (χ1v) is 14.2. The molecule has 3 aromatic carbocycles. The molecule has 0 radical (unpaired) electrons. The number of hydrogen-bond acceptors (Lipinski definition) is 5. The van der Waals surface area contributed by atoms with Crippen LogP contribution in [0.15, 0.2) is 91.1 Å². The Bertz CT molecular complexity index is 1780. The number of nitrogens with one attached hydrogen (secondary N) is 2. The van der Waals surface area contributed by atoms with E-state index in [9.17, 15) is 4.79 Å². The standard InChI is InChI=1S/C34H32N6O.3ClH/c1-21(2)33(41)37-25-16-12-22(13-17-25)29-30(23-10-14-24(15-11-23)34(35)18-6-19-34)40-28-9-5-20-36-31(28)38-27-8-4-3-7-26(27)32(40)39-29;;;/h3-5,7-17,20-21H,6,18-19,35H2,1-2H3,(H,36,38)(H,37,41);3*1H. The summed E-state index contributed by atoms with van der Waals surface area (Å²) >= 11 is 0. The number of pyridine rings is 1. The zero-order valence-corrected chi connectivity index (χ0v) is 26.9. The summed E-state index contributed by atoms with van der Waals surface area (Å²) in [7, 11) is 0. The van der Waals surface area contributed by atoms with Crippen LogP contribution in [0.1, 0.15) is 38.7 Å². The summed E-state index contributed by atoms with van der Waals surface area (Å²) in [5.74, 6) is 1.50. The lowest BCUT2D eigenvalue weighted by Crippen LogP contribution is -2.43. The molecule has 10 heteroatoms. The van der Waals surface area contributed by atoms with Crippen LogP contribution < -0.4 is 16.4 Å². The van der Waals surface area contributed by atoms with Crippen molar-refractivity contribution in [2.24, 2.45) is 11.7 Å². The third-order valence-electron chi connectivity index (χ3n) is 8.26. The fourth-order valence-electron chi connectivity index (χ4n) is 5.70. The highest BCUT2D eigenvalue weighted by molar-refractivity contribution is 5.93. The molecule has 1 aliphatic heterocycles. The zero-order chi connectivity index (χ0) is 28.1. The largest absolute Gasteiger partial charge is 0.338 e. The molecule has 44 heavy (non-hydrogen) atoms. The van der Waals surface area contributed by atoms with Crippen LogP contribution in [0.4, 0.5) is 17.2 Å². The summed E-state index contributed by atoms with van der Waals surface area (Å²) in [5.41, 5.74) is 15.0. The molecule has 2 aliphatic rings. The van der Waals surface area contributed by atoms with Crippen LogP contribution in [0.5, 0.6) is 0 Å². The van der Waals surface area contributed by atoms with Gasteiger partial charge in [0.15, 0.2) is 5.82 Å². The smallest absolute Gasteiger partial charge is 0.226 e. The highest BCUT2D eigenvalue weighted by Gasteiger charge is 2.34. The van der Waals surface area contributed by atoms with Crippen molar-refractivity contribution < 1.29 is 4.79 Å². The van der Waals surface area contributed by atoms with Crippen LogP contribution in [-0.4, -0.2) is 20.4 Å². The summed E-state index contributed by atoms with van der Waals surface area (Å²) in [6.45, 7) is 3.77. The van der Waals surface area contributed by atoms with E-state index in [1.54, 1.807) is 6.20 Å². The van der Waals surface area contributed by atoms with E-state index in [2.05, 4.69) is 57.7 Å². The topological polar surface area (TPSA) is 97.9 Å². The first kappa shape index (κ1) is 33.0. The van der Waals surface area contributed by atoms with Gasteiger partial charge in [-0.3, -0.25) is 9.36 Å². The molecule has 7 nitrogen and oxygen atoms in total. The van der Waals surface area contributed by atoms with Gasteiger partial charge in [0.2, 0.25) is 5.91 Å². The average Bonchev–Trinajstić information content (AvgIpc) is 3.31. The number of hydrogen-bond donors (Lipinski definition) is 3. The number of fused-ring (bicyclic) bond motifs is 5. The van der Waals surface area contributed by atoms with Gasteiger partial charge < -0.3 is 16.4 Å². The molecule has 228 valence electrons. The fraction of sp³-hybridized carbons (Fsp3) is 0.206. The van der Waals surface area contributed by atoms with Crippen LogP contribution in [0, 0.1) is 5.92 Å². The molecule has 1 aliphatic carbocycles. The van der Waals surface area contributed by atoms with E-state index in [0.29, 0.717) is 0 Å². The molecule has 0 saturated heterocycles. The number of halogens is 3. The fourth-order valence-corrected chi connectivity index (χ4v) is 5.70. The van der Waals surface area contributed by atoms with E-state index in [1.165, 1.54) is 12.0 Å². The number of carbonyl (C=O) groups excluding carboxylic acids is 1. The molecule has 3 heterocycles. The van der Waals surface area contributed by atoms with Gasteiger partial charge in [-0.05, 0) is 61.2 Å². The third-order valence-corrected chi connectivity index (χ3v) is 8.26. The van der Waals surface area contributed by atoms with E-state index >= 15 is 0 Å². The molecule has 1 amide bonds. The Morgan fingerprint density at radius 3 is 2.25 bits per heavy atom. The number of amides is 1. The Morgan fingerprint density at radius 2 is 1.59 bits per heavy atom. The summed E-state index contributed by atoms with van der Waals surface area (Å²) < 4.78 is 2.21. The van der Waals surface area contributed by atoms with Crippen molar-refractivity contribution in [1.82, 2.24) is 14.5 Å². The summed E-state index contributed by atoms with van der Waals surface area (Å²) in [5, 5.41) is 6.51. The minimum absolute atomic E-state index is 0. The Kier molecular flexibility index (Phi) is 9.76. The Morgan fingerprint density at radius 1 is 0.909 bits per heavy atom. The lowest BCUT2D eigenvalue weighted by Gasteiger charge is -2.38. The van der Waals surface area contributed by atoms with Gasteiger partial charge in [-0.15, -0.1) is 37.2 Å². The van der Waals surface area contributed by atoms with Crippen LogP contribution in [0.3, 0.4) is 0 Å². The van der Waals surface area contributed by atoms with Crippen molar-refractivity contribution in [3.63, 3.8) is 0 Å². The molecule has 1 saturated carbocycles. The highest BCUT2D eigenvalue weighted by Crippen LogP contribution is 2.45. The van der Waals surface area contributed by atoms with Gasteiger partial charge in [-0.1, -0.05) is 62.4 Å². The van der Waals surface area contributed by atoms with Crippen molar-refractivity contribution in [2.45, 2.75) is 38.6 Å². The van der Waals surface area contributed by atoms with E-state index in [-0.39, 0.29) is 54.6 Å². The van der Waals surface area contributed by atoms with Gasteiger partial charge in [-0.2, -0.15) is 0 Å². The molecule has 2 aromatic heterocycles. The van der Waals surface area contributed by atoms with Crippen molar-refractivity contribution in [1.29, 1.82) is 0 Å². The molecule has 1 fully saturated rings. The van der Waals surface area contributed by atoms with E-state index in [1.807, 2.05) is 56.3 Å². The number of imidazole rings is 1. The summed E-state index contributed by atoms with van der Waals surface area (Å²) in [6, 6.07) is 28.8. The second-order valence-electron chi connectivity index (χ2n) is 11.3. The molecular weight excluding hydrogens is 615 g/mol. The molecule has 7 rings (SSSR count). The van der Waals surface area contributed by atoms with Crippen LogP contribution in [0.2, 0.25) is 0 Å². The second-order valence-corrected chi connectivity index (χ2v) is 11.3. The second kappa shape index (κ2) is 13.0. The third kappa shape index (κ3) is 5.69. The number of nitrogens with two attached hydrogens (primary N) is 1. The number of rotatable bonds is 5. The Labute approximate surface area is 275 Å². The van der Waals surface area contributed by atoms with Crippen LogP contribution in [0.25, 0.3) is 39.6 Å². The van der Waals surface area contributed by atoms with Gasteiger partial charge in [0.25, 0.3) is 0 Å². The van der Waals surface area contributed by atoms with Crippen molar-refractivity contribution >= 4 is 60.3 Å². The average molecular weight is 650 g/mol. The number of benzene rings is 3. The number of anilines is 3. The van der Waals surface area contributed by atoms with Crippen LogP contribution in [-0.2, 0) is 10.3 Å². The summed E-state index contributed by atoms with van der Waals surface area (Å²) in [4.78, 5) is 22.3. The molecule has 0 spiro atoms. The number of aromatic nitrogens is 3. The predicted molar refractivity (Wildman–Crippen MR) is 186 cm³/mol. The van der Waals surface area contributed by atoms with Crippen molar-refractivity contribution in [2.75, 3.05) is 10.6 Å². The minimum atomic E-state index is -0.231. The molecule has 0 unspecified atom stereocenters. The number of nitrogens with zero attached hydrogens (tertiary/aromatic N) is 3. The predicted octanol–water partition coefficient (Wildman–Crippen LogP) is 8.52. The van der Waals surface area contributed by atoms with Gasteiger partial charge in [0.1, 0.15) is 5.82 Å². The molecular formula is C34H35Cl3N6O. The van der Waals surface area contributed by atoms with E-state index in [0.717, 1.165) is 69.6 Å². The SMILES string of the molecule is CC(C)C(=O)Nc1ccc(-c2nc3n(c2-c2ccc(C4(N)CCC4)cc2)-c2cccnc2Nc2ccccc2-3)cc1.Cl.Cl.Cl. The highest BCUT2D eigenvalue weighted by atomic mass is 35.5. The van der Waals surface area contributed by atoms with Gasteiger partial charge >= 0.3 is 0 Å². The maximum atomic E-state index is 12.3. The zero-order valence-electron chi connectivity index (χ0n) is 24.4. The Hall–Kier alpha value is -3.88.